The van der Waals surface area contributed by atoms with Crippen LogP contribution < -0.4 is 0 Å². The van der Waals surface area contributed by atoms with Gasteiger partial charge in [0.25, 0.3) is 0 Å². The first kappa shape index (κ1) is 15.0. The van der Waals surface area contributed by atoms with Crippen LogP contribution in [0, 0.1) is 11.8 Å². The molecule has 1 saturated heterocycles. The number of aliphatic hydroxyl groups excluding tert-OH is 1. The second-order valence-corrected chi connectivity index (χ2v) is 7.20. The van der Waals surface area contributed by atoms with Crippen molar-refractivity contribution in [3.05, 3.63) is 35.4 Å². The number of hydrogen-bond acceptors (Lipinski definition) is 4. The molecule has 2 rings (SSSR count). The quantitative estimate of drug-likeness (QED) is 0.832. The Balaban J connectivity index is 1.90. The third-order valence-electron chi connectivity index (χ3n) is 3.27. The van der Waals surface area contributed by atoms with E-state index in [9.17, 15) is 8.42 Å². The molecular formula is C15H19NO3S. The van der Waals surface area contributed by atoms with Crippen LogP contribution in [-0.4, -0.2) is 49.6 Å². The maximum Gasteiger partial charge on any atom is 0.152 e. The smallest absolute Gasteiger partial charge is 0.152 e. The van der Waals surface area contributed by atoms with Crippen molar-refractivity contribution in [2.24, 2.45) is 0 Å². The van der Waals surface area contributed by atoms with E-state index >= 15 is 0 Å². The van der Waals surface area contributed by atoms with Crippen LogP contribution >= 0.6 is 0 Å². The summed E-state index contributed by atoms with van der Waals surface area (Å²) < 4.78 is 22.7. The summed E-state index contributed by atoms with van der Waals surface area (Å²) in [7, 11) is -2.81. The van der Waals surface area contributed by atoms with Crippen LogP contribution in [0.3, 0.4) is 0 Å². The van der Waals surface area contributed by atoms with Crippen LogP contribution in [0.15, 0.2) is 24.3 Å². The SMILES string of the molecule is O=S1(=O)CCN(Cc2ccc(C#CCCO)cc2)CC1. The Morgan fingerprint density at radius 1 is 1.15 bits per heavy atom. The third kappa shape index (κ3) is 4.64. The van der Waals surface area contributed by atoms with Gasteiger partial charge in [0, 0.05) is 31.6 Å². The molecule has 0 atom stereocenters. The van der Waals surface area contributed by atoms with Crippen LogP contribution in [0.2, 0.25) is 0 Å². The van der Waals surface area contributed by atoms with Crippen molar-refractivity contribution in [2.45, 2.75) is 13.0 Å². The molecule has 4 nitrogen and oxygen atoms in total. The zero-order chi connectivity index (χ0) is 14.4. The maximum absolute atomic E-state index is 11.4. The molecule has 1 heterocycles. The van der Waals surface area contributed by atoms with Gasteiger partial charge in [-0.1, -0.05) is 24.0 Å². The van der Waals surface area contributed by atoms with Crippen molar-refractivity contribution >= 4 is 9.84 Å². The average molecular weight is 293 g/mol. The van der Waals surface area contributed by atoms with Crippen molar-refractivity contribution in [1.82, 2.24) is 4.90 Å². The van der Waals surface area contributed by atoms with Gasteiger partial charge >= 0.3 is 0 Å². The Hall–Kier alpha value is -1.35. The number of rotatable bonds is 3. The number of benzene rings is 1. The summed E-state index contributed by atoms with van der Waals surface area (Å²) in [6, 6.07) is 7.96. The normalized spacial score (nSPS) is 18.2. The predicted molar refractivity (Wildman–Crippen MR) is 79.0 cm³/mol. The number of nitrogens with zero attached hydrogens (tertiary/aromatic N) is 1. The second-order valence-electron chi connectivity index (χ2n) is 4.90. The van der Waals surface area contributed by atoms with E-state index in [4.69, 9.17) is 5.11 Å². The molecule has 1 aromatic carbocycles. The summed E-state index contributed by atoms with van der Waals surface area (Å²) in [5.74, 6) is 6.39. The first-order valence-corrected chi connectivity index (χ1v) is 8.53. The maximum atomic E-state index is 11.4. The monoisotopic (exact) mass is 293 g/mol. The highest BCUT2D eigenvalue weighted by Crippen LogP contribution is 2.10. The fourth-order valence-corrected chi connectivity index (χ4v) is 3.36. The number of hydrogen-bond donors (Lipinski definition) is 1. The molecule has 1 aromatic rings. The van der Waals surface area contributed by atoms with Gasteiger partial charge in [-0.15, -0.1) is 0 Å². The standard InChI is InChI=1S/C15H19NO3S/c17-10-2-1-3-14-4-6-15(7-5-14)13-16-8-11-20(18,19)12-9-16/h4-7,17H,2,8-13H2. The molecule has 0 aromatic heterocycles. The average Bonchev–Trinajstić information content (AvgIpc) is 2.43. The van der Waals surface area contributed by atoms with Gasteiger partial charge in [-0.05, 0) is 17.7 Å². The van der Waals surface area contributed by atoms with Crippen molar-refractivity contribution in [3.8, 4) is 11.8 Å². The van der Waals surface area contributed by atoms with Gasteiger partial charge < -0.3 is 5.11 Å². The van der Waals surface area contributed by atoms with Gasteiger partial charge in [0.15, 0.2) is 9.84 Å². The lowest BCUT2D eigenvalue weighted by atomic mass is 10.1. The Bertz CT molecular complexity index is 582. The van der Waals surface area contributed by atoms with Gasteiger partial charge in [-0.25, -0.2) is 8.42 Å². The molecule has 5 heteroatoms. The minimum atomic E-state index is -2.81. The Labute approximate surface area is 120 Å². The largest absolute Gasteiger partial charge is 0.395 e. The molecule has 0 saturated carbocycles. The molecule has 0 unspecified atom stereocenters. The first-order chi connectivity index (χ1) is 9.59. The van der Waals surface area contributed by atoms with Gasteiger partial charge in [-0.2, -0.15) is 0 Å². The highest BCUT2D eigenvalue weighted by Gasteiger charge is 2.21. The molecule has 0 radical (unpaired) electrons. The summed E-state index contributed by atoms with van der Waals surface area (Å²) in [5.41, 5.74) is 2.10. The van der Waals surface area contributed by atoms with E-state index in [0.717, 1.165) is 17.7 Å². The Morgan fingerprint density at radius 2 is 1.80 bits per heavy atom. The summed E-state index contributed by atoms with van der Waals surface area (Å²) in [4.78, 5) is 2.16. The third-order valence-corrected chi connectivity index (χ3v) is 4.88. The van der Waals surface area contributed by atoms with Crippen LogP contribution in [0.25, 0.3) is 0 Å². The lowest BCUT2D eigenvalue weighted by Crippen LogP contribution is -2.39. The van der Waals surface area contributed by atoms with E-state index in [0.29, 0.717) is 19.5 Å². The van der Waals surface area contributed by atoms with Crippen LogP contribution in [0.1, 0.15) is 17.5 Å². The van der Waals surface area contributed by atoms with Crippen LogP contribution in [-0.2, 0) is 16.4 Å². The lowest BCUT2D eigenvalue weighted by molar-refractivity contribution is 0.287. The van der Waals surface area contributed by atoms with Gasteiger partial charge in [0.2, 0.25) is 0 Å². The molecule has 1 fully saturated rings. The Kier molecular flexibility index (Phi) is 5.18. The first-order valence-electron chi connectivity index (χ1n) is 6.70. The fraction of sp³-hybridized carbons (Fsp3) is 0.467. The summed E-state index contributed by atoms with van der Waals surface area (Å²) in [6.45, 7) is 2.09. The molecule has 108 valence electrons. The fourth-order valence-electron chi connectivity index (χ4n) is 2.08. The minimum absolute atomic E-state index is 0.0863. The second kappa shape index (κ2) is 6.89. The van der Waals surface area contributed by atoms with Crippen molar-refractivity contribution < 1.29 is 13.5 Å². The number of sulfone groups is 1. The van der Waals surface area contributed by atoms with Crippen molar-refractivity contribution in [2.75, 3.05) is 31.2 Å². The topological polar surface area (TPSA) is 57.6 Å². The highest BCUT2D eigenvalue weighted by molar-refractivity contribution is 7.91. The van der Waals surface area contributed by atoms with Gasteiger partial charge in [0.05, 0.1) is 18.1 Å². The summed E-state index contributed by atoms with van der Waals surface area (Å²) in [6.07, 6.45) is 0.490. The van der Waals surface area contributed by atoms with Gasteiger partial charge in [-0.3, -0.25) is 4.90 Å². The number of aliphatic hydroxyl groups is 1. The van der Waals surface area contributed by atoms with E-state index in [2.05, 4.69) is 16.7 Å². The zero-order valence-electron chi connectivity index (χ0n) is 11.4. The van der Waals surface area contributed by atoms with Crippen LogP contribution in [0.4, 0.5) is 0 Å². The predicted octanol–water partition coefficient (Wildman–Crippen LogP) is 0.651. The van der Waals surface area contributed by atoms with E-state index in [1.165, 1.54) is 0 Å². The minimum Gasteiger partial charge on any atom is -0.395 e. The molecule has 0 aliphatic carbocycles. The summed E-state index contributed by atoms with van der Waals surface area (Å²) >= 11 is 0. The highest BCUT2D eigenvalue weighted by atomic mass is 32.2. The summed E-state index contributed by atoms with van der Waals surface area (Å²) in [5, 5.41) is 8.66. The van der Waals surface area contributed by atoms with E-state index in [1.54, 1.807) is 0 Å². The van der Waals surface area contributed by atoms with Crippen LogP contribution in [0.5, 0.6) is 0 Å². The zero-order valence-corrected chi connectivity index (χ0v) is 12.2. The molecule has 0 amide bonds. The van der Waals surface area contributed by atoms with E-state index in [1.807, 2.05) is 24.3 Å². The molecule has 20 heavy (non-hydrogen) atoms. The Morgan fingerprint density at radius 3 is 2.40 bits per heavy atom. The molecule has 0 spiro atoms. The molecule has 1 aliphatic rings. The molecule has 1 N–H and O–H groups in total. The molecular weight excluding hydrogens is 274 g/mol. The van der Waals surface area contributed by atoms with Crippen molar-refractivity contribution in [1.29, 1.82) is 0 Å². The van der Waals surface area contributed by atoms with E-state index < -0.39 is 9.84 Å². The molecule has 0 bridgehead atoms. The molecule has 1 aliphatic heterocycles. The van der Waals surface area contributed by atoms with Gasteiger partial charge in [0.1, 0.15) is 0 Å². The lowest BCUT2D eigenvalue weighted by Gasteiger charge is -2.26. The van der Waals surface area contributed by atoms with Crippen molar-refractivity contribution in [3.63, 3.8) is 0 Å². The van der Waals surface area contributed by atoms with E-state index in [-0.39, 0.29) is 18.1 Å².